The summed E-state index contributed by atoms with van der Waals surface area (Å²) in [6, 6.07) is 0. The van der Waals surface area contributed by atoms with Crippen LogP contribution in [-0.4, -0.2) is 292 Å². The molecule has 33 unspecified atom stereocenters. The lowest BCUT2D eigenvalue weighted by atomic mass is 9.42. The summed E-state index contributed by atoms with van der Waals surface area (Å²) >= 11 is 0. The summed E-state index contributed by atoms with van der Waals surface area (Å²) < 4.78 is 73.5. The molecule has 7 saturated heterocycles. The van der Waals surface area contributed by atoms with E-state index in [1.807, 2.05) is 6.92 Å². The van der Waals surface area contributed by atoms with Crippen molar-refractivity contribution in [3.8, 4) is 0 Å². The lowest BCUT2D eigenvalue weighted by Gasteiger charge is -2.64. The zero-order chi connectivity index (χ0) is 63.7. The van der Waals surface area contributed by atoms with Crippen LogP contribution in [0.1, 0.15) is 106 Å². The van der Waals surface area contributed by atoms with Gasteiger partial charge in [-0.25, -0.2) is 0 Å². The van der Waals surface area contributed by atoms with Gasteiger partial charge in [0.2, 0.25) is 5.79 Å². The number of aliphatic hydroxyl groups is 16. The summed E-state index contributed by atoms with van der Waals surface area (Å²) in [5, 5.41) is 177. The first-order valence-electron chi connectivity index (χ1n) is 31.3. The maximum absolute atomic E-state index is 12.8. The molecule has 11 aliphatic rings. The number of fused-ring (bicyclic) bond motifs is 5. The van der Waals surface area contributed by atoms with E-state index in [2.05, 4.69) is 27.7 Å². The Kier molecular flexibility index (Phi) is 19.2. The maximum atomic E-state index is 12.8. The van der Waals surface area contributed by atoms with Gasteiger partial charge in [0.25, 0.3) is 0 Å². The Labute approximate surface area is 508 Å². The molecule has 7 heterocycles. The average Bonchev–Trinajstić information content (AvgIpc) is 1.36. The molecule has 2 spiro atoms. The Morgan fingerprint density at radius 1 is 0.534 bits per heavy atom. The van der Waals surface area contributed by atoms with Gasteiger partial charge in [-0.2, -0.15) is 0 Å². The molecular formula is C59H94O29. The Morgan fingerprint density at radius 3 is 1.75 bits per heavy atom. The molecule has 0 aromatic heterocycles. The number of aliphatic hydroxyl groups excluding tert-OH is 16. The average molecular weight is 1270 g/mol. The van der Waals surface area contributed by atoms with E-state index in [0.717, 1.165) is 25.7 Å². The van der Waals surface area contributed by atoms with Gasteiger partial charge in [-0.05, 0) is 81.0 Å². The Hall–Kier alpha value is -1.87. The van der Waals surface area contributed by atoms with Gasteiger partial charge < -0.3 is 139 Å². The SMILES string of the molecule is CC1CC2(CC(C)C3(CCC4(C)C5=C(CCC43C)C3(C)CCC(OC4OC(COC6OCC(O)C(O)C6OC6OC(CO)C(O)C(OC7OC(CO)C(O)C(O)C7O)C6OC6OC(C)C(O)C(O)C6O)C(O)C(O)C4O)C(CO)(CO)C3CC5)O2)OC1=O. The minimum atomic E-state index is -2.07. The monoisotopic (exact) mass is 1270 g/mol. The molecule has 2 saturated carbocycles. The molecule has 33 atom stereocenters. The summed E-state index contributed by atoms with van der Waals surface area (Å²) in [6.45, 7) is 8.15. The van der Waals surface area contributed by atoms with Gasteiger partial charge in [0.15, 0.2) is 31.5 Å². The van der Waals surface area contributed by atoms with Crippen LogP contribution in [0, 0.1) is 39.4 Å². The van der Waals surface area contributed by atoms with Gasteiger partial charge in [-0.15, -0.1) is 0 Å². The van der Waals surface area contributed by atoms with Crippen LogP contribution in [-0.2, 0) is 61.6 Å². The number of esters is 1. The third-order valence-corrected chi connectivity index (χ3v) is 23.3. The minimum Gasteiger partial charge on any atom is -0.433 e. The van der Waals surface area contributed by atoms with Crippen molar-refractivity contribution in [2.24, 2.45) is 39.4 Å². The molecule has 504 valence electrons. The van der Waals surface area contributed by atoms with Crippen molar-refractivity contribution in [1.82, 2.24) is 0 Å². The molecule has 0 bridgehead atoms. The van der Waals surface area contributed by atoms with E-state index in [9.17, 15) is 86.5 Å². The third kappa shape index (κ3) is 10.7. The molecular weight excluding hydrogens is 1170 g/mol. The predicted octanol–water partition coefficient (Wildman–Crippen LogP) is -4.71. The fourth-order valence-electron chi connectivity index (χ4n) is 17.9. The molecule has 88 heavy (non-hydrogen) atoms. The fraction of sp³-hybridized carbons (Fsp3) is 0.949. The van der Waals surface area contributed by atoms with Crippen LogP contribution in [0.3, 0.4) is 0 Å². The molecule has 0 radical (unpaired) electrons. The quantitative estimate of drug-likeness (QED) is 0.0541. The second-order valence-electron chi connectivity index (χ2n) is 27.9. The van der Waals surface area contributed by atoms with Crippen molar-refractivity contribution in [2.75, 3.05) is 39.6 Å². The number of hydrogen-bond acceptors (Lipinski definition) is 29. The molecule has 0 aromatic rings. The second kappa shape index (κ2) is 25.0. The van der Waals surface area contributed by atoms with Crippen LogP contribution in [0.25, 0.3) is 0 Å². The maximum Gasteiger partial charge on any atom is 0.311 e. The zero-order valence-corrected chi connectivity index (χ0v) is 50.4. The van der Waals surface area contributed by atoms with Crippen molar-refractivity contribution in [2.45, 2.75) is 271 Å². The van der Waals surface area contributed by atoms with Crippen LogP contribution >= 0.6 is 0 Å². The van der Waals surface area contributed by atoms with E-state index in [1.165, 1.54) is 18.1 Å². The third-order valence-electron chi connectivity index (χ3n) is 23.3. The number of ether oxygens (including phenoxy) is 12. The Bertz CT molecular complexity index is 2490. The van der Waals surface area contributed by atoms with E-state index >= 15 is 0 Å². The standard InChI is InChI=1S/C59H94O29/c1-23-15-58(87-48(23)76)16-24(2)59(88-58)14-13-55(5)27-7-8-32-54(4,26(27)9-12-56(55,59)6)11-10-33(57(32,21-62)22-63)83-50-43(74)41(72)37(68)31(82-50)20-78-52-46(35(66)28(64)19-77-52)85-53-47(86-49-42(73)39(70)34(65)25(3)79-49)45(38(69)30(18-61)81-53)84-51-44(75)40(71)36(67)29(17-60)80-51/h23-25,28-47,49-53,60-75H,7-22H2,1-6H3. The van der Waals surface area contributed by atoms with E-state index < -0.39 is 215 Å². The molecule has 29 heteroatoms. The summed E-state index contributed by atoms with van der Waals surface area (Å²) in [7, 11) is 0. The normalized spacial score (nSPS) is 54.5. The summed E-state index contributed by atoms with van der Waals surface area (Å²) in [5.41, 5.74) is -0.208. The molecule has 0 aromatic carbocycles. The van der Waals surface area contributed by atoms with Crippen LogP contribution in [0.5, 0.6) is 0 Å². The molecule has 7 aliphatic heterocycles. The highest BCUT2D eigenvalue weighted by molar-refractivity contribution is 5.74. The van der Waals surface area contributed by atoms with E-state index in [-0.39, 0.29) is 41.0 Å². The largest absolute Gasteiger partial charge is 0.433 e. The summed E-state index contributed by atoms with van der Waals surface area (Å²) in [5.74, 6) is -1.61. The van der Waals surface area contributed by atoms with Crippen LogP contribution in [0.15, 0.2) is 11.1 Å². The van der Waals surface area contributed by atoms with E-state index in [4.69, 9.17) is 56.8 Å². The lowest BCUT2D eigenvalue weighted by Crippen LogP contribution is -2.68. The van der Waals surface area contributed by atoms with Gasteiger partial charge in [-0.1, -0.05) is 45.8 Å². The van der Waals surface area contributed by atoms with Crippen molar-refractivity contribution in [3.05, 3.63) is 11.1 Å². The molecule has 11 rings (SSSR count). The van der Waals surface area contributed by atoms with Crippen LogP contribution in [0.2, 0.25) is 0 Å². The number of carbonyl (C=O) groups excluding carboxylic acids is 1. The first-order valence-corrected chi connectivity index (χ1v) is 31.3. The number of rotatable bonds is 15. The molecule has 4 aliphatic carbocycles. The van der Waals surface area contributed by atoms with E-state index in [1.54, 1.807) is 0 Å². The van der Waals surface area contributed by atoms with Crippen LogP contribution in [0.4, 0.5) is 0 Å². The zero-order valence-electron chi connectivity index (χ0n) is 50.4. The van der Waals surface area contributed by atoms with Gasteiger partial charge in [0.1, 0.15) is 110 Å². The highest BCUT2D eigenvalue weighted by atomic mass is 16.8. The lowest BCUT2D eigenvalue weighted by molar-refractivity contribution is -0.406. The summed E-state index contributed by atoms with van der Waals surface area (Å²) in [6.07, 6.45) is -38.3. The van der Waals surface area contributed by atoms with Crippen molar-refractivity contribution in [3.63, 3.8) is 0 Å². The van der Waals surface area contributed by atoms with Crippen LogP contribution < -0.4 is 0 Å². The molecule has 29 nitrogen and oxygen atoms in total. The first-order chi connectivity index (χ1) is 41.5. The van der Waals surface area contributed by atoms with Gasteiger partial charge in [-0.3, -0.25) is 4.79 Å². The highest BCUT2D eigenvalue weighted by Crippen LogP contribution is 2.76. The molecule has 16 N–H and O–H groups in total. The topological polar surface area (TPSA) is 452 Å². The Morgan fingerprint density at radius 2 is 1.11 bits per heavy atom. The fourth-order valence-corrected chi connectivity index (χ4v) is 17.9. The van der Waals surface area contributed by atoms with Gasteiger partial charge in [0.05, 0.1) is 63.4 Å². The van der Waals surface area contributed by atoms with Crippen molar-refractivity contribution < 1.29 is 143 Å². The smallest absolute Gasteiger partial charge is 0.311 e. The van der Waals surface area contributed by atoms with Crippen molar-refractivity contribution in [1.29, 1.82) is 0 Å². The summed E-state index contributed by atoms with van der Waals surface area (Å²) in [4.78, 5) is 12.8. The van der Waals surface area contributed by atoms with Gasteiger partial charge >= 0.3 is 5.97 Å². The predicted molar refractivity (Wildman–Crippen MR) is 290 cm³/mol. The van der Waals surface area contributed by atoms with Gasteiger partial charge in [0, 0.05) is 23.7 Å². The van der Waals surface area contributed by atoms with E-state index in [0.29, 0.717) is 32.1 Å². The molecule has 0 amide bonds. The first kappa shape index (κ1) is 67.5. The number of allylic oxidation sites excluding steroid dienone is 2. The number of carbonyl (C=O) groups is 1. The minimum absolute atomic E-state index is 0.133. The molecule has 9 fully saturated rings. The highest BCUT2D eigenvalue weighted by Gasteiger charge is 2.75. The number of hydrogen-bond donors (Lipinski definition) is 16. The second-order valence-corrected chi connectivity index (χ2v) is 27.9. The van der Waals surface area contributed by atoms with Crippen molar-refractivity contribution >= 4 is 5.97 Å². The Balaban J connectivity index is 0.809.